The van der Waals surface area contributed by atoms with Crippen molar-refractivity contribution in [2.75, 3.05) is 6.54 Å². The van der Waals surface area contributed by atoms with Gasteiger partial charge in [0.1, 0.15) is 17.9 Å². The van der Waals surface area contributed by atoms with Crippen LogP contribution in [0.5, 0.6) is 0 Å². The van der Waals surface area contributed by atoms with Gasteiger partial charge in [0.2, 0.25) is 5.91 Å². The Morgan fingerprint density at radius 2 is 1.79 bits per heavy atom. The van der Waals surface area contributed by atoms with Crippen molar-refractivity contribution in [1.29, 1.82) is 0 Å². The molecule has 0 bridgehead atoms. The van der Waals surface area contributed by atoms with Crippen molar-refractivity contribution in [2.45, 2.75) is 25.4 Å². The Labute approximate surface area is 166 Å². The number of urea groups is 1. The summed E-state index contributed by atoms with van der Waals surface area (Å²) in [7, 11) is 0. The van der Waals surface area contributed by atoms with E-state index >= 15 is 0 Å². The van der Waals surface area contributed by atoms with Crippen molar-refractivity contribution in [3.8, 4) is 0 Å². The summed E-state index contributed by atoms with van der Waals surface area (Å²) in [6.45, 7) is 1.55. The predicted molar refractivity (Wildman–Crippen MR) is 102 cm³/mol. The van der Waals surface area contributed by atoms with Crippen LogP contribution in [0.4, 0.5) is 9.18 Å². The van der Waals surface area contributed by atoms with Crippen LogP contribution in [0.3, 0.4) is 0 Å². The lowest BCUT2D eigenvalue weighted by atomic mass is 9.87. The Morgan fingerprint density at radius 1 is 1.14 bits per heavy atom. The second kappa shape index (κ2) is 7.98. The van der Waals surface area contributed by atoms with Crippen LogP contribution in [-0.2, 0) is 21.7 Å². The number of amides is 4. The summed E-state index contributed by atoms with van der Waals surface area (Å²) in [4.78, 5) is 38.5. The number of nitrogens with zero attached hydrogens (tertiary/aromatic N) is 1. The molecule has 28 heavy (non-hydrogen) atoms. The number of rotatable bonds is 6. The van der Waals surface area contributed by atoms with Gasteiger partial charge >= 0.3 is 6.03 Å². The van der Waals surface area contributed by atoms with Crippen molar-refractivity contribution in [3.05, 3.63) is 70.5 Å². The molecule has 3 rings (SSSR count). The molecule has 2 N–H and O–H groups in total. The van der Waals surface area contributed by atoms with Gasteiger partial charge in [0.25, 0.3) is 5.91 Å². The maximum Gasteiger partial charge on any atom is 0.325 e. The largest absolute Gasteiger partial charge is 0.350 e. The molecule has 0 spiro atoms. The molecule has 2 aromatic rings. The lowest BCUT2D eigenvalue weighted by Crippen LogP contribution is -2.44. The van der Waals surface area contributed by atoms with Gasteiger partial charge in [-0.1, -0.05) is 42.8 Å². The lowest BCUT2D eigenvalue weighted by Gasteiger charge is -2.25. The first-order valence-electron chi connectivity index (χ1n) is 8.77. The molecule has 0 unspecified atom stereocenters. The van der Waals surface area contributed by atoms with Gasteiger partial charge in [-0.05, 0) is 41.8 Å². The average Bonchev–Trinajstić information content (AvgIpc) is 2.93. The van der Waals surface area contributed by atoms with Crippen molar-refractivity contribution in [3.63, 3.8) is 0 Å². The SMILES string of the molecule is CC[C@]1(c2ccc(Cl)cc2)NC(=O)N(CC(=O)NCc2ccc(F)cc2)C1=O. The number of halogens is 2. The molecule has 2 aromatic carbocycles. The summed E-state index contributed by atoms with van der Waals surface area (Å²) in [5, 5.41) is 5.85. The molecule has 1 atom stereocenters. The third-order valence-corrected chi connectivity index (χ3v) is 5.00. The average molecular weight is 404 g/mol. The summed E-state index contributed by atoms with van der Waals surface area (Å²) in [6, 6.07) is 11.7. The first-order chi connectivity index (χ1) is 13.4. The summed E-state index contributed by atoms with van der Waals surface area (Å²) < 4.78 is 12.9. The van der Waals surface area contributed by atoms with E-state index < -0.39 is 29.9 Å². The molecular weight excluding hydrogens is 385 g/mol. The predicted octanol–water partition coefficient (Wildman–Crippen LogP) is 2.95. The molecule has 0 radical (unpaired) electrons. The maximum atomic E-state index is 13.0. The Bertz CT molecular complexity index is 902. The monoisotopic (exact) mass is 403 g/mol. The van der Waals surface area contributed by atoms with Crippen LogP contribution in [0.25, 0.3) is 0 Å². The van der Waals surface area contributed by atoms with Gasteiger partial charge in [-0.3, -0.25) is 14.5 Å². The van der Waals surface area contributed by atoms with Crippen molar-refractivity contribution < 1.29 is 18.8 Å². The molecule has 1 fully saturated rings. The normalized spacial score (nSPS) is 18.9. The van der Waals surface area contributed by atoms with Gasteiger partial charge in [-0.2, -0.15) is 0 Å². The smallest absolute Gasteiger partial charge is 0.325 e. The fourth-order valence-corrected chi connectivity index (χ4v) is 3.27. The number of nitrogens with one attached hydrogen (secondary N) is 2. The van der Waals surface area contributed by atoms with E-state index in [1.807, 2.05) is 0 Å². The van der Waals surface area contributed by atoms with Crippen LogP contribution in [0.1, 0.15) is 24.5 Å². The van der Waals surface area contributed by atoms with Gasteiger partial charge in [0.15, 0.2) is 0 Å². The second-order valence-electron chi connectivity index (χ2n) is 6.49. The van der Waals surface area contributed by atoms with E-state index in [4.69, 9.17) is 11.6 Å². The summed E-state index contributed by atoms with van der Waals surface area (Å²) in [5.74, 6) is -1.34. The minimum Gasteiger partial charge on any atom is -0.350 e. The third kappa shape index (κ3) is 3.84. The number of carbonyl (C=O) groups excluding carboxylic acids is 3. The Hall–Kier alpha value is -2.93. The minimum atomic E-state index is -1.22. The molecule has 0 saturated carbocycles. The first-order valence-corrected chi connectivity index (χ1v) is 9.15. The minimum absolute atomic E-state index is 0.166. The van der Waals surface area contributed by atoms with E-state index in [2.05, 4.69) is 10.6 Å². The summed E-state index contributed by atoms with van der Waals surface area (Å²) >= 11 is 5.91. The zero-order valence-electron chi connectivity index (χ0n) is 15.2. The molecule has 1 saturated heterocycles. The van der Waals surface area contributed by atoms with E-state index in [1.165, 1.54) is 12.1 Å². The van der Waals surface area contributed by atoms with E-state index in [9.17, 15) is 18.8 Å². The highest BCUT2D eigenvalue weighted by atomic mass is 35.5. The third-order valence-electron chi connectivity index (χ3n) is 4.75. The number of carbonyl (C=O) groups is 3. The van der Waals surface area contributed by atoms with Crippen LogP contribution in [0.2, 0.25) is 5.02 Å². The van der Waals surface area contributed by atoms with Crippen LogP contribution < -0.4 is 10.6 Å². The molecule has 4 amide bonds. The highest BCUT2D eigenvalue weighted by molar-refractivity contribution is 6.30. The van der Waals surface area contributed by atoms with E-state index in [0.29, 0.717) is 22.6 Å². The van der Waals surface area contributed by atoms with Crippen LogP contribution in [0, 0.1) is 5.82 Å². The molecular formula is C20H19ClFN3O3. The van der Waals surface area contributed by atoms with Crippen LogP contribution >= 0.6 is 11.6 Å². The van der Waals surface area contributed by atoms with Crippen molar-refractivity contribution in [1.82, 2.24) is 15.5 Å². The number of hydrogen-bond acceptors (Lipinski definition) is 3. The molecule has 0 aliphatic carbocycles. The maximum absolute atomic E-state index is 13.0. The number of imide groups is 1. The summed E-state index contributed by atoms with van der Waals surface area (Å²) in [6.07, 6.45) is 0.326. The van der Waals surface area contributed by atoms with E-state index in [0.717, 1.165) is 4.90 Å². The number of hydrogen-bond donors (Lipinski definition) is 2. The fraction of sp³-hybridized carbons (Fsp3) is 0.250. The van der Waals surface area contributed by atoms with Crippen molar-refractivity contribution in [2.24, 2.45) is 0 Å². The highest BCUT2D eigenvalue weighted by Crippen LogP contribution is 2.32. The quantitative estimate of drug-likeness (QED) is 0.728. The fourth-order valence-electron chi connectivity index (χ4n) is 3.15. The molecule has 1 aliphatic heterocycles. The van der Waals surface area contributed by atoms with E-state index in [1.54, 1.807) is 43.3 Å². The van der Waals surface area contributed by atoms with Gasteiger partial charge in [0.05, 0.1) is 0 Å². The Morgan fingerprint density at radius 3 is 2.39 bits per heavy atom. The van der Waals surface area contributed by atoms with Gasteiger partial charge in [0, 0.05) is 11.6 Å². The number of benzene rings is 2. The van der Waals surface area contributed by atoms with Crippen LogP contribution in [0.15, 0.2) is 48.5 Å². The first kappa shape index (κ1) is 19.8. The molecule has 146 valence electrons. The van der Waals surface area contributed by atoms with Gasteiger partial charge in [-0.25, -0.2) is 9.18 Å². The molecule has 6 nitrogen and oxygen atoms in total. The van der Waals surface area contributed by atoms with E-state index in [-0.39, 0.29) is 12.4 Å². The zero-order valence-corrected chi connectivity index (χ0v) is 15.9. The Balaban J connectivity index is 1.69. The molecule has 0 aromatic heterocycles. The molecule has 1 heterocycles. The Kier molecular flexibility index (Phi) is 5.65. The molecule has 8 heteroatoms. The van der Waals surface area contributed by atoms with Gasteiger partial charge < -0.3 is 10.6 Å². The van der Waals surface area contributed by atoms with Crippen molar-refractivity contribution >= 4 is 29.4 Å². The van der Waals surface area contributed by atoms with Gasteiger partial charge in [-0.15, -0.1) is 0 Å². The lowest BCUT2D eigenvalue weighted by molar-refractivity contribution is -0.135. The molecule has 1 aliphatic rings. The zero-order chi connectivity index (χ0) is 20.3. The highest BCUT2D eigenvalue weighted by Gasteiger charge is 2.51. The standard InChI is InChI=1S/C20H19ClFN3O3/c1-2-20(14-5-7-15(21)8-6-14)18(27)25(19(28)24-20)12-17(26)23-11-13-3-9-16(22)10-4-13/h3-10H,2,11-12H2,1H3,(H,23,26)(H,24,28)/t20-/m1/s1. The van der Waals surface area contributed by atoms with Crippen LogP contribution in [-0.4, -0.2) is 29.3 Å². The second-order valence-corrected chi connectivity index (χ2v) is 6.93. The topological polar surface area (TPSA) is 78.5 Å². The summed E-state index contributed by atoms with van der Waals surface area (Å²) in [5.41, 5.74) is 0.0850.